The third-order valence-corrected chi connectivity index (χ3v) is 5.54. The molecule has 124 valence electrons. The van der Waals surface area contributed by atoms with Gasteiger partial charge in [-0.1, -0.05) is 11.6 Å². The zero-order chi connectivity index (χ0) is 17.3. The molecule has 0 spiro atoms. The number of halogens is 1. The number of nitrogens with one attached hydrogen (secondary N) is 2. The van der Waals surface area contributed by atoms with Gasteiger partial charge in [0.2, 0.25) is 0 Å². The SMILES string of the molecule is CS(=O)(=O)c1ccc(NNc2ccc(S(C)(=O)=O)cc2Cl)cc1. The van der Waals surface area contributed by atoms with Crippen molar-refractivity contribution in [1.29, 1.82) is 0 Å². The van der Waals surface area contributed by atoms with E-state index in [2.05, 4.69) is 10.9 Å². The molecule has 0 amide bonds. The molecule has 2 aromatic rings. The van der Waals surface area contributed by atoms with Crippen molar-refractivity contribution >= 4 is 42.7 Å². The van der Waals surface area contributed by atoms with Crippen molar-refractivity contribution in [3.05, 3.63) is 47.5 Å². The van der Waals surface area contributed by atoms with Crippen LogP contribution in [0.25, 0.3) is 0 Å². The minimum atomic E-state index is -3.32. The zero-order valence-electron chi connectivity index (χ0n) is 12.4. The Morgan fingerprint density at radius 3 is 1.78 bits per heavy atom. The highest BCUT2D eigenvalue weighted by molar-refractivity contribution is 7.91. The van der Waals surface area contributed by atoms with E-state index in [0.29, 0.717) is 11.4 Å². The molecule has 23 heavy (non-hydrogen) atoms. The summed E-state index contributed by atoms with van der Waals surface area (Å²) in [6.45, 7) is 0. The van der Waals surface area contributed by atoms with Gasteiger partial charge in [0.05, 0.1) is 26.2 Å². The molecule has 0 bridgehead atoms. The smallest absolute Gasteiger partial charge is 0.175 e. The summed E-state index contributed by atoms with van der Waals surface area (Å²) >= 11 is 6.04. The van der Waals surface area contributed by atoms with Crippen LogP contribution in [0.15, 0.2) is 52.3 Å². The third-order valence-electron chi connectivity index (χ3n) is 2.99. The lowest BCUT2D eigenvalue weighted by molar-refractivity contribution is 0.600. The minimum Gasteiger partial charge on any atom is -0.301 e. The first-order chi connectivity index (χ1) is 10.6. The van der Waals surface area contributed by atoms with E-state index in [9.17, 15) is 16.8 Å². The first-order valence-electron chi connectivity index (χ1n) is 6.39. The summed E-state index contributed by atoms with van der Waals surface area (Å²) in [5.41, 5.74) is 6.82. The molecule has 0 unspecified atom stereocenters. The van der Waals surface area contributed by atoms with Crippen molar-refractivity contribution < 1.29 is 16.8 Å². The van der Waals surface area contributed by atoms with Gasteiger partial charge in [-0.25, -0.2) is 16.8 Å². The fourth-order valence-electron chi connectivity index (χ4n) is 1.75. The van der Waals surface area contributed by atoms with E-state index in [-0.39, 0.29) is 14.8 Å². The van der Waals surface area contributed by atoms with Crippen molar-refractivity contribution in [2.45, 2.75) is 9.79 Å². The molecule has 0 atom stereocenters. The van der Waals surface area contributed by atoms with Gasteiger partial charge in [0, 0.05) is 12.5 Å². The second-order valence-electron chi connectivity index (χ2n) is 4.96. The summed E-state index contributed by atoms with van der Waals surface area (Å²) in [6.07, 6.45) is 2.24. The quantitative estimate of drug-likeness (QED) is 0.781. The van der Waals surface area contributed by atoms with Crippen LogP contribution in [0.4, 0.5) is 11.4 Å². The second-order valence-corrected chi connectivity index (χ2v) is 9.40. The Morgan fingerprint density at radius 2 is 1.30 bits per heavy atom. The first-order valence-corrected chi connectivity index (χ1v) is 10.6. The van der Waals surface area contributed by atoms with E-state index in [1.807, 2.05) is 0 Å². The molecule has 0 aliphatic rings. The van der Waals surface area contributed by atoms with Crippen molar-refractivity contribution in [2.24, 2.45) is 0 Å². The van der Waals surface area contributed by atoms with Crippen LogP contribution in [0.1, 0.15) is 0 Å². The Balaban J connectivity index is 2.12. The van der Waals surface area contributed by atoms with Crippen molar-refractivity contribution in [2.75, 3.05) is 23.4 Å². The van der Waals surface area contributed by atoms with Crippen molar-refractivity contribution in [3.8, 4) is 0 Å². The molecule has 2 N–H and O–H groups in total. The summed E-state index contributed by atoms with van der Waals surface area (Å²) in [6, 6.07) is 10.5. The average molecular weight is 375 g/mol. The molecule has 0 aliphatic carbocycles. The van der Waals surface area contributed by atoms with Gasteiger partial charge >= 0.3 is 0 Å². The van der Waals surface area contributed by atoms with E-state index < -0.39 is 19.7 Å². The van der Waals surface area contributed by atoms with Gasteiger partial charge in [-0.3, -0.25) is 5.43 Å². The lowest BCUT2D eigenvalue weighted by Crippen LogP contribution is -2.09. The molecule has 0 heterocycles. The number of benzene rings is 2. The number of sulfone groups is 2. The largest absolute Gasteiger partial charge is 0.301 e. The molecule has 2 rings (SSSR count). The lowest BCUT2D eigenvalue weighted by atomic mass is 10.3. The second kappa shape index (κ2) is 6.38. The fourth-order valence-corrected chi connectivity index (χ4v) is 3.32. The molecular formula is C14H15ClN2O4S2. The van der Waals surface area contributed by atoms with Gasteiger partial charge in [-0.2, -0.15) is 0 Å². The molecular weight excluding hydrogens is 360 g/mol. The Labute approximate surface area is 140 Å². The number of hydrazine groups is 1. The zero-order valence-corrected chi connectivity index (χ0v) is 14.8. The molecule has 9 heteroatoms. The van der Waals surface area contributed by atoms with Gasteiger partial charge in [-0.05, 0) is 42.5 Å². The van der Waals surface area contributed by atoms with Crippen LogP contribution in [-0.2, 0) is 19.7 Å². The van der Waals surface area contributed by atoms with Crippen LogP contribution in [0.3, 0.4) is 0 Å². The normalized spacial score (nSPS) is 12.0. The molecule has 6 nitrogen and oxygen atoms in total. The Bertz CT molecular complexity index is 924. The molecule has 0 saturated heterocycles. The van der Waals surface area contributed by atoms with Crippen LogP contribution in [-0.4, -0.2) is 29.3 Å². The molecule has 2 aromatic carbocycles. The summed E-state index contributed by atoms with van der Waals surface area (Å²) < 4.78 is 45.6. The van der Waals surface area contributed by atoms with Crippen LogP contribution in [0.2, 0.25) is 5.02 Å². The maximum Gasteiger partial charge on any atom is 0.175 e. The van der Waals surface area contributed by atoms with Crippen molar-refractivity contribution in [3.63, 3.8) is 0 Å². The van der Waals surface area contributed by atoms with Gasteiger partial charge in [0.1, 0.15) is 0 Å². The van der Waals surface area contributed by atoms with Gasteiger partial charge in [-0.15, -0.1) is 0 Å². The third kappa shape index (κ3) is 4.60. The fraction of sp³-hybridized carbons (Fsp3) is 0.143. The topological polar surface area (TPSA) is 92.3 Å². The maximum atomic E-state index is 11.4. The van der Waals surface area contributed by atoms with Gasteiger partial charge < -0.3 is 5.43 Å². The highest BCUT2D eigenvalue weighted by Gasteiger charge is 2.10. The first kappa shape index (κ1) is 17.6. The molecule has 0 saturated carbocycles. The molecule has 0 radical (unpaired) electrons. The number of hydrogen-bond donors (Lipinski definition) is 2. The van der Waals surface area contributed by atoms with Gasteiger partial charge in [0.25, 0.3) is 0 Å². The monoisotopic (exact) mass is 374 g/mol. The van der Waals surface area contributed by atoms with Crippen LogP contribution in [0, 0.1) is 0 Å². The van der Waals surface area contributed by atoms with Gasteiger partial charge in [0.15, 0.2) is 19.7 Å². The van der Waals surface area contributed by atoms with Crippen molar-refractivity contribution in [1.82, 2.24) is 0 Å². The van der Waals surface area contributed by atoms with E-state index in [1.54, 1.807) is 12.1 Å². The van der Waals surface area contributed by atoms with Crippen LogP contribution in [0.5, 0.6) is 0 Å². The van der Waals surface area contributed by atoms with E-state index >= 15 is 0 Å². The Kier molecular flexibility index (Phi) is 4.88. The highest BCUT2D eigenvalue weighted by atomic mass is 35.5. The predicted molar refractivity (Wildman–Crippen MR) is 91.4 cm³/mol. The highest BCUT2D eigenvalue weighted by Crippen LogP contribution is 2.25. The maximum absolute atomic E-state index is 11.4. The Morgan fingerprint density at radius 1 is 0.783 bits per heavy atom. The summed E-state index contributed by atoms with van der Waals surface area (Å²) in [7, 11) is -6.56. The number of rotatable bonds is 5. The number of hydrogen-bond acceptors (Lipinski definition) is 6. The Hall–Kier alpha value is -1.77. The predicted octanol–water partition coefficient (Wildman–Crippen LogP) is 2.59. The lowest BCUT2D eigenvalue weighted by Gasteiger charge is -2.12. The molecule has 0 aliphatic heterocycles. The van der Waals surface area contributed by atoms with E-state index in [4.69, 9.17) is 11.6 Å². The minimum absolute atomic E-state index is 0.130. The van der Waals surface area contributed by atoms with E-state index in [0.717, 1.165) is 12.5 Å². The summed E-state index contributed by atoms with van der Waals surface area (Å²) in [5, 5.41) is 0.244. The molecule has 0 fully saturated rings. The van der Waals surface area contributed by atoms with Crippen LogP contribution < -0.4 is 10.9 Å². The summed E-state index contributed by atoms with van der Waals surface area (Å²) in [4.78, 5) is 0.351. The summed E-state index contributed by atoms with van der Waals surface area (Å²) in [5.74, 6) is 0. The van der Waals surface area contributed by atoms with Crippen LogP contribution >= 0.6 is 11.6 Å². The van der Waals surface area contributed by atoms with E-state index in [1.165, 1.54) is 30.3 Å². The number of anilines is 2. The molecule has 0 aromatic heterocycles. The average Bonchev–Trinajstić information content (AvgIpc) is 2.44. The standard InChI is InChI=1S/C14H15ClN2O4S2/c1-22(18,19)11-5-3-10(4-6-11)16-17-14-8-7-12(9-13(14)15)23(2,20)21/h3-9,16-17H,1-2H3.